The number of rotatable bonds is 10. The van der Waals surface area contributed by atoms with E-state index in [1.54, 1.807) is 0 Å². The number of unbranched alkanes of at least 4 members (excludes halogenated alkanes) is 7. The summed E-state index contributed by atoms with van der Waals surface area (Å²) in [6.07, 6.45) is 13.7. The first-order valence-corrected chi connectivity index (χ1v) is 7.99. The van der Waals surface area contributed by atoms with Crippen LogP contribution in [0.5, 0.6) is 0 Å². The first kappa shape index (κ1) is 15.7. The highest BCUT2D eigenvalue weighted by molar-refractivity contribution is 5.48. The molecule has 0 bridgehead atoms. The normalized spacial score (nSPS) is 18.1. The zero-order valence-electron chi connectivity index (χ0n) is 12.2. The predicted molar refractivity (Wildman–Crippen MR) is 77.8 cm³/mol. The Morgan fingerprint density at radius 3 is 2.11 bits per heavy atom. The van der Waals surface area contributed by atoms with Crippen molar-refractivity contribution in [3.05, 3.63) is 0 Å². The van der Waals surface area contributed by atoms with Crippen LogP contribution in [0.15, 0.2) is 0 Å². The minimum Gasteiger partial charge on any atom is -0.303 e. The number of hydrogen-bond acceptors (Lipinski definition) is 2. The highest BCUT2D eigenvalue weighted by Gasteiger charge is 2.14. The van der Waals surface area contributed by atoms with Crippen molar-refractivity contribution < 1.29 is 4.79 Å². The van der Waals surface area contributed by atoms with Crippen LogP contribution in [0.1, 0.15) is 71.1 Å². The molecule has 0 saturated carbocycles. The van der Waals surface area contributed by atoms with Crippen LogP contribution in [0.2, 0.25) is 0 Å². The summed E-state index contributed by atoms with van der Waals surface area (Å²) in [4.78, 5) is 12.8. The maximum absolute atomic E-state index is 10.1. The Morgan fingerprint density at radius 2 is 1.50 bits per heavy atom. The number of likely N-dealkylation sites (tertiary alicyclic amines) is 1. The maximum atomic E-state index is 10.1. The fraction of sp³-hybridized carbons (Fsp3) is 0.938. The fourth-order valence-corrected chi connectivity index (χ4v) is 2.73. The molecule has 0 aromatic rings. The Morgan fingerprint density at radius 1 is 0.944 bits per heavy atom. The van der Waals surface area contributed by atoms with Crippen molar-refractivity contribution in [1.82, 2.24) is 4.90 Å². The third-order valence-electron chi connectivity index (χ3n) is 4.17. The lowest BCUT2D eigenvalue weighted by molar-refractivity contribution is -0.107. The summed E-state index contributed by atoms with van der Waals surface area (Å²) in [5, 5.41) is 0. The van der Waals surface area contributed by atoms with Crippen molar-refractivity contribution in [1.29, 1.82) is 0 Å². The quantitative estimate of drug-likeness (QED) is 0.432. The van der Waals surface area contributed by atoms with Gasteiger partial charge in [-0.3, -0.25) is 0 Å². The summed E-state index contributed by atoms with van der Waals surface area (Å²) < 4.78 is 0. The summed E-state index contributed by atoms with van der Waals surface area (Å²) in [7, 11) is 0. The van der Waals surface area contributed by atoms with Crippen LogP contribution in [0.25, 0.3) is 0 Å². The van der Waals surface area contributed by atoms with Gasteiger partial charge in [-0.15, -0.1) is 0 Å². The van der Waals surface area contributed by atoms with Gasteiger partial charge in [0.15, 0.2) is 0 Å². The van der Waals surface area contributed by atoms with Crippen molar-refractivity contribution in [2.24, 2.45) is 5.92 Å². The molecule has 0 atom stereocenters. The van der Waals surface area contributed by atoms with Crippen molar-refractivity contribution in [3.8, 4) is 0 Å². The average Bonchev–Trinajstić information content (AvgIpc) is 2.39. The van der Waals surface area contributed by atoms with Crippen LogP contribution in [0, 0.1) is 5.92 Å². The van der Waals surface area contributed by atoms with Gasteiger partial charge in [-0.25, -0.2) is 0 Å². The molecule has 2 nitrogen and oxygen atoms in total. The second-order valence-electron chi connectivity index (χ2n) is 5.95. The molecule has 1 saturated heterocycles. The maximum Gasteiger partial charge on any atom is 0.119 e. The molecule has 0 amide bonds. The molecule has 1 rings (SSSR count). The van der Waals surface area contributed by atoms with Crippen molar-refractivity contribution in [3.63, 3.8) is 0 Å². The molecule has 1 aliphatic rings. The van der Waals surface area contributed by atoms with Gasteiger partial charge in [0.1, 0.15) is 6.29 Å². The van der Waals surface area contributed by atoms with Crippen molar-refractivity contribution >= 4 is 6.29 Å². The molecule has 1 heterocycles. The molecule has 0 N–H and O–H groups in total. The summed E-state index contributed by atoms with van der Waals surface area (Å²) in [5.41, 5.74) is 0. The van der Waals surface area contributed by atoms with Gasteiger partial charge in [0.25, 0.3) is 0 Å². The van der Waals surface area contributed by atoms with Gasteiger partial charge in [0.05, 0.1) is 0 Å². The zero-order valence-corrected chi connectivity index (χ0v) is 12.2. The third kappa shape index (κ3) is 7.86. The number of aldehydes is 1. The number of carbonyl (C=O) groups is 1. The van der Waals surface area contributed by atoms with Crippen LogP contribution in [-0.4, -0.2) is 30.8 Å². The third-order valence-corrected chi connectivity index (χ3v) is 4.17. The van der Waals surface area contributed by atoms with Gasteiger partial charge < -0.3 is 9.69 Å². The molecule has 2 heteroatoms. The van der Waals surface area contributed by atoms with Crippen LogP contribution in [-0.2, 0) is 4.79 Å². The Labute approximate surface area is 113 Å². The van der Waals surface area contributed by atoms with Gasteiger partial charge in [0, 0.05) is 6.42 Å². The predicted octanol–water partition coefficient (Wildman–Crippen LogP) is 4.04. The molecular weight excluding hydrogens is 222 g/mol. The summed E-state index contributed by atoms with van der Waals surface area (Å²) >= 11 is 0. The Kier molecular flexibility index (Phi) is 9.19. The summed E-state index contributed by atoms with van der Waals surface area (Å²) in [5.74, 6) is 0.951. The summed E-state index contributed by atoms with van der Waals surface area (Å²) in [6.45, 7) is 6.35. The Hall–Kier alpha value is -0.370. The number of carbonyl (C=O) groups excluding carboxylic acids is 1. The molecule has 18 heavy (non-hydrogen) atoms. The van der Waals surface area contributed by atoms with E-state index in [4.69, 9.17) is 0 Å². The van der Waals surface area contributed by atoms with E-state index >= 15 is 0 Å². The summed E-state index contributed by atoms with van der Waals surface area (Å²) in [6, 6.07) is 0. The van der Waals surface area contributed by atoms with Gasteiger partial charge >= 0.3 is 0 Å². The zero-order chi connectivity index (χ0) is 13.1. The van der Waals surface area contributed by atoms with E-state index in [-0.39, 0.29) is 0 Å². The van der Waals surface area contributed by atoms with Gasteiger partial charge in [-0.05, 0) is 51.2 Å². The second kappa shape index (κ2) is 10.5. The largest absolute Gasteiger partial charge is 0.303 e. The first-order valence-electron chi connectivity index (χ1n) is 7.99. The molecule has 0 radical (unpaired) electrons. The highest BCUT2D eigenvalue weighted by atomic mass is 16.1. The smallest absolute Gasteiger partial charge is 0.119 e. The fourth-order valence-electron chi connectivity index (χ4n) is 2.73. The molecular formula is C16H31NO. The Balaban J connectivity index is 1.79. The molecule has 0 spiro atoms. The van der Waals surface area contributed by atoms with E-state index in [2.05, 4.69) is 11.8 Å². The lowest BCUT2D eigenvalue weighted by atomic mass is 9.99. The molecule has 0 unspecified atom stereocenters. The van der Waals surface area contributed by atoms with E-state index in [0.717, 1.165) is 25.0 Å². The SMILES string of the molecule is CC1CCN(CCCCCCCCCC=O)CC1. The lowest BCUT2D eigenvalue weighted by Crippen LogP contribution is -2.33. The van der Waals surface area contributed by atoms with Crippen LogP contribution in [0.4, 0.5) is 0 Å². The Bertz CT molecular complexity index is 197. The van der Waals surface area contributed by atoms with E-state index in [1.165, 1.54) is 71.0 Å². The number of hydrogen-bond donors (Lipinski definition) is 0. The van der Waals surface area contributed by atoms with Crippen LogP contribution >= 0.6 is 0 Å². The highest BCUT2D eigenvalue weighted by Crippen LogP contribution is 2.16. The second-order valence-corrected chi connectivity index (χ2v) is 5.95. The molecule has 0 aromatic heterocycles. The number of nitrogens with zero attached hydrogens (tertiary/aromatic N) is 1. The number of piperidine rings is 1. The molecule has 1 fully saturated rings. The van der Waals surface area contributed by atoms with E-state index in [9.17, 15) is 4.79 Å². The monoisotopic (exact) mass is 253 g/mol. The van der Waals surface area contributed by atoms with E-state index in [1.807, 2.05) is 0 Å². The minimum atomic E-state index is 0.757. The first-order chi connectivity index (χ1) is 8.83. The van der Waals surface area contributed by atoms with Gasteiger partial charge in [-0.1, -0.05) is 39.0 Å². The van der Waals surface area contributed by atoms with Gasteiger partial charge in [-0.2, -0.15) is 0 Å². The van der Waals surface area contributed by atoms with Crippen LogP contribution in [0.3, 0.4) is 0 Å². The molecule has 106 valence electrons. The lowest BCUT2D eigenvalue weighted by Gasteiger charge is -2.30. The van der Waals surface area contributed by atoms with E-state index in [0.29, 0.717) is 0 Å². The minimum absolute atomic E-state index is 0.757. The van der Waals surface area contributed by atoms with Crippen molar-refractivity contribution in [2.75, 3.05) is 19.6 Å². The van der Waals surface area contributed by atoms with E-state index < -0.39 is 0 Å². The average molecular weight is 253 g/mol. The standard InChI is InChI=1S/C16H31NO/c1-16-10-13-17(14-11-16)12-8-6-4-2-3-5-7-9-15-18/h15-16H,2-14H2,1H3. The van der Waals surface area contributed by atoms with Crippen molar-refractivity contribution in [2.45, 2.75) is 71.1 Å². The molecule has 0 aliphatic carbocycles. The molecule has 1 aliphatic heterocycles. The topological polar surface area (TPSA) is 20.3 Å². The molecule has 0 aromatic carbocycles. The van der Waals surface area contributed by atoms with Crippen LogP contribution < -0.4 is 0 Å². The van der Waals surface area contributed by atoms with Gasteiger partial charge in [0.2, 0.25) is 0 Å².